The Morgan fingerprint density at radius 3 is 2.64 bits per heavy atom. The van der Waals surface area contributed by atoms with Crippen molar-refractivity contribution in [1.82, 2.24) is 9.97 Å². The summed E-state index contributed by atoms with van der Waals surface area (Å²) in [6.45, 7) is 4.01. The first-order valence-corrected chi connectivity index (χ1v) is 9.21. The molecule has 1 aromatic heterocycles. The molecule has 0 spiro atoms. The number of aliphatic imine (C=N–C) groups is 1. The molecule has 2 aromatic carbocycles. The molecule has 1 aliphatic heterocycles. The fraction of sp³-hybridized carbons (Fsp3) is 0.227. The van der Waals surface area contributed by atoms with Crippen LogP contribution in [0.3, 0.4) is 0 Å². The van der Waals surface area contributed by atoms with Gasteiger partial charge in [-0.25, -0.2) is 4.98 Å². The van der Waals surface area contributed by atoms with E-state index >= 15 is 0 Å². The van der Waals surface area contributed by atoms with Crippen molar-refractivity contribution in [1.29, 1.82) is 0 Å². The highest BCUT2D eigenvalue weighted by molar-refractivity contribution is 5.93. The molecule has 0 aliphatic carbocycles. The van der Waals surface area contributed by atoms with Crippen LogP contribution < -0.4 is 15.4 Å². The fourth-order valence-corrected chi connectivity index (χ4v) is 3.42. The molecule has 0 saturated heterocycles. The Balaban J connectivity index is 1.69. The Labute approximate surface area is 164 Å². The summed E-state index contributed by atoms with van der Waals surface area (Å²) in [5.41, 5.74) is 7.36. The second-order valence-electron chi connectivity index (χ2n) is 6.88. The van der Waals surface area contributed by atoms with E-state index in [2.05, 4.69) is 56.8 Å². The molecule has 3 aromatic rings. The van der Waals surface area contributed by atoms with E-state index in [1.54, 1.807) is 7.11 Å². The number of aryl methyl sites for hydroxylation is 1. The van der Waals surface area contributed by atoms with E-state index in [1.165, 1.54) is 5.56 Å². The van der Waals surface area contributed by atoms with Crippen LogP contribution >= 0.6 is 0 Å². The van der Waals surface area contributed by atoms with Gasteiger partial charge in [-0.2, -0.15) is 4.98 Å². The minimum absolute atomic E-state index is 0.554. The molecule has 0 amide bonds. The quantitative estimate of drug-likeness (QED) is 0.666. The van der Waals surface area contributed by atoms with Gasteiger partial charge in [0.1, 0.15) is 11.6 Å². The highest BCUT2D eigenvalue weighted by Crippen LogP contribution is 2.37. The lowest BCUT2D eigenvalue weighted by molar-refractivity contribution is 0.416. The van der Waals surface area contributed by atoms with E-state index in [4.69, 9.17) is 4.74 Å². The van der Waals surface area contributed by atoms with Crippen LogP contribution in [0.2, 0.25) is 0 Å². The Morgan fingerprint density at radius 2 is 1.86 bits per heavy atom. The van der Waals surface area contributed by atoms with Gasteiger partial charge >= 0.3 is 0 Å². The molecule has 6 heteroatoms. The van der Waals surface area contributed by atoms with Crippen molar-refractivity contribution in [2.45, 2.75) is 20.3 Å². The Kier molecular flexibility index (Phi) is 4.69. The number of benzene rings is 2. The molecule has 1 aliphatic rings. The van der Waals surface area contributed by atoms with Crippen molar-refractivity contribution >= 4 is 28.9 Å². The van der Waals surface area contributed by atoms with Crippen LogP contribution in [0.5, 0.6) is 5.75 Å². The maximum Gasteiger partial charge on any atom is 0.229 e. The zero-order valence-electron chi connectivity index (χ0n) is 16.5. The van der Waals surface area contributed by atoms with Crippen LogP contribution in [-0.2, 0) is 6.42 Å². The van der Waals surface area contributed by atoms with Crippen molar-refractivity contribution in [3.63, 3.8) is 0 Å². The first kappa shape index (κ1) is 18.0. The Hall–Kier alpha value is -3.41. The van der Waals surface area contributed by atoms with Crippen molar-refractivity contribution in [2.24, 2.45) is 4.99 Å². The van der Waals surface area contributed by atoms with Crippen LogP contribution in [0.25, 0.3) is 11.1 Å². The number of nitrogens with zero attached hydrogens (tertiary/aromatic N) is 3. The van der Waals surface area contributed by atoms with Crippen molar-refractivity contribution < 1.29 is 4.74 Å². The molecule has 0 unspecified atom stereocenters. The average molecular weight is 373 g/mol. The van der Waals surface area contributed by atoms with Crippen LogP contribution in [-0.4, -0.2) is 29.8 Å². The molecule has 28 heavy (non-hydrogen) atoms. The summed E-state index contributed by atoms with van der Waals surface area (Å²) in [4.78, 5) is 13.5. The SMILES string of the molecule is CNc1cc(C)nc(Nc2ccc(OC)c(-c3ccc4c(c3)CC(C)=N4)c2)n1. The van der Waals surface area contributed by atoms with Crippen LogP contribution in [0, 0.1) is 6.92 Å². The predicted octanol–water partition coefficient (Wildman–Crippen LogP) is 4.89. The molecule has 0 bridgehead atoms. The van der Waals surface area contributed by atoms with Crippen molar-refractivity contribution in [3.05, 3.63) is 53.7 Å². The maximum absolute atomic E-state index is 5.60. The van der Waals surface area contributed by atoms with E-state index in [1.807, 2.05) is 32.2 Å². The molecule has 0 fully saturated rings. The van der Waals surface area contributed by atoms with Crippen LogP contribution in [0.1, 0.15) is 18.2 Å². The largest absolute Gasteiger partial charge is 0.496 e. The molecule has 6 nitrogen and oxygen atoms in total. The van der Waals surface area contributed by atoms with Crippen molar-refractivity contribution in [3.8, 4) is 16.9 Å². The van der Waals surface area contributed by atoms with E-state index < -0.39 is 0 Å². The van der Waals surface area contributed by atoms with Gasteiger partial charge in [-0.3, -0.25) is 4.99 Å². The minimum Gasteiger partial charge on any atom is -0.496 e. The van der Waals surface area contributed by atoms with Gasteiger partial charge in [-0.05, 0) is 55.3 Å². The third-order valence-electron chi connectivity index (χ3n) is 4.71. The number of fused-ring (bicyclic) bond motifs is 1. The average Bonchev–Trinajstić information content (AvgIpc) is 3.06. The number of methoxy groups -OCH3 is 1. The number of hydrogen-bond donors (Lipinski definition) is 2. The first-order chi connectivity index (χ1) is 13.6. The second-order valence-corrected chi connectivity index (χ2v) is 6.88. The predicted molar refractivity (Wildman–Crippen MR) is 115 cm³/mol. The summed E-state index contributed by atoms with van der Waals surface area (Å²) >= 11 is 0. The van der Waals surface area contributed by atoms with Gasteiger partial charge in [0.05, 0.1) is 12.8 Å². The zero-order chi connectivity index (χ0) is 19.7. The van der Waals surface area contributed by atoms with Gasteiger partial charge in [0.2, 0.25) is 5.95 Å². The summed E-state index contributed by atoms with van der Waals surface area (Å²) in [7, 11) is 3.53. The van der Waals surface area contributed by atoms with Crippen molar-refractivity contribution in [2.75, 3.05) is 24.8 Å². The molecular weight excluding hydrogens is 350 g/mol. The number of aromatic nitrogens is 2. The van der Waals surface area contributed by atoms with Crippen LogP contribution in [0.4, 0.5) is 23.1 Å². The van der Waals surface area contributed by atoms with E-state index in [9.17, 15) is 0 Å². The van der Waals surface area contributed by atoms with Crippen LogP contribution in [0.15, 0.2) is 47.5 Å². The number of rotatable bonds is 5. The summed E-state index contributed by atoms with van der Waals surface area (Å²) in [5, 5.41) is 6.35. The monoisotopic (exact) mass is 373 g/mol. The number of hydrogen-bond acceptors (Lipinski definition) is 6. The lowest BCUT2D eigenvalue weighted by atomic mass is 9.99. The second kappa shape index (κ2) is 7.31. The molecule has 0 radical (unpaired) electrons. The molecule has 142 valence electrons. The van der Waals surface area contributed by atoms with Gasteiger partial charge < -0.3 is 15.4 Å². The molecule has 0 atom stereocenters. The van der Waals surface area contributed by atoms with E-state index in [-0.39, 0.29) is 0 Å². The Bertz CT molecular complexity index is 1070. The molecule has 0 saturated carbocycles. The summed E-state index contributed by atoms with van der Waals surface area (Å²) in [6, 6.07) is 14.2. The highest BCUT2D eigenvalue weighted by Gasteiger charge is 2.15. The summed E-state index contributed by atoms with van der Waals surface area (Å²) in [5.74, 6) is 2.15. The third-order valence-corrected chi connectivity index (χ3v) is 4.71. The molecular formula is C22H23N5O. The summed E-state index contributed by atoms with van der Waals surface area (Å²) < 4.78 is 5.60. The molecule has 4 rings (SSSR count). The van der Waals surface area contributed by atoms with Gasteiger partial charge in [0.15, 0.2) is 0 Å². The maximum atomic E-state index is 5.60. The first-order valence-electron chi connectivity index (χ1n) is 9.21. The normalized spacial score (nSPS) is 12.4. The van der Waals surface area contributed by atoms with Gasteiger partial charge in [0, 0.05) is 42.2 Å². The fourth-order valence-electron chi connectivity index (χ4n) is 3.42. The number of anilines is 3. The number of ether oxygens (including phenoxy) is 1. The zero-order valence-corrected chi connectivity index (χ0v) is 16.5. The van der Waals surface area contributed by atoms with Gasteiger partial charge in [0.25, 0.3) is 0 Å². The highest BCUT2D eigenvalue weighted by atomic mass is 16.5. The smallest absolute Gasteiger partial charge is 0.229 e. The Morgan fingerprint density at radius 1 is 1.00 bits per heavy atom. The third kappa shape index (κ3) is 3.53. The minimum atomic E-state index is 0.554. The topological polar surface area (TPSA) is 71.4 Å². The summed E-state index contributed by atoms with van der Waals surface area (Å²) in [6.07, 6.45) is 0.896. The lowest BCUT2D eigenvalue weighted by Gasteiger charge is -2.13. The standard InChI is InChI=1S/C22H23N5O/c1-13-9-16-11-15(5-7-19(16)24-13)18-12-17(6-8-20(18)28-4)26-22-25-14(2)10-21(23-3)27-22/h5-8,10-12H,9H2,1-4H3,(H2,23,25,26,27). The molecule has 2 heterocycles. The van der Waals surface area contributed by atoms with Gasteiger partial charge in [-0.1, -0.05) is 6.07 Å². The van der Waals surface area contributed by atoms with Gasteiger partial charge in [-0.15, -0.1) is 0 Å². The molecule has 2 N–H and O–H groups in total. The number of nitrogens with one attached hydrogen (secondary N) is 2. The lowest BCUT2D eigenvalue weighted by Crippen LogP contribution is -2.02. The van der Waals surface area contributed by atoms with E-state index in [0.29, 0.717) is 5.95 Å². The van der Waals surface area contributed by atoms with E-state index in [0.717, 1.165) is 51.9 Å².